The van der Waals surface area contributed by atoms with Crippen LogP contribution in [0.25, 0.3) is 10.9 Å². The molecule has 0 atom stereocenters. The highest BCUT2D eigenvalue weighted by molar-refractivity contribution is 5.79. The van der Waals surface area contributed by atoms with Crippen LogP contribution in [0.2, 0.25) is 0 Å². The normalized spacial score (nSPS) is 17.1. The largest absolute Gasteiger partial charge is 0.355 e. The fraction of sp³-hybridized carbons (Fsp3) is 0.565. The summed E-state index contributed by atoms with van der Waals surface area (Å²) in [6.45, 7) is 5.77. The molecule has 166 valence electrons. The third kappa shape index (κ3) is 5.12. The van der Waals surface area contributed by atoms with Crippen LogP contribution < -0.4 is 10.9 Å². The predicted octanol–water partition coefficient (Wildman–Crippen LogP) is 1.33. The SMILES string of the molecule is CCCNC(=O)CN1CCN(C(=O)CCc2nc3ccccc3c(=O)n2C2CC2)CC1. The van der Waals surface area contributed by atoms with Crippen LogP contribution in [0.3, 0.4) is 0 Å². The summed E-state index contributed by atoms with van der Waals surface area (Å²) in [5.74, 6) is 0.840. The van der Waals surface area contributed by atoms with Gasteiger partial charge in [-0.05, 0) is 31.4 Å². The minimum atomic E-state index is 0.00510. The summed E-state index contributed by atoms with van der Waals surface area (Å²) in [5.41, 5.74) is 0.701. The number of carbonyl (C=O) groups excluding carboxylic acids is 2. The maximum absolute atomic E-state index is 13.0. The van der Waals surface area contributed by atoms with Gasteiger partial charge in [-0.3, -0.25) is 23.9 Å². The Hall–Kier alpha value is -2.74. The number of carbonyl (C=O) groups is 2. The fourth-order valence-corrected chi connectivity index (χ4v) is 4.13. The minimum Gasteiger partial charge on any atom is -0.355 e. The Morgan fingerprint density at radius 2 is 1.87 bits per heavy atom. The molecule has 2 fully saturated rings. The summed E-state index contributed by atoms with van der Waals surface area (Å²) >= 11 is 0. The first-order chi connectivity index (χ1) is 15.1. The van der Waals surface area contributed by atoms with Gasteiger partial charge in [-0.2, -0.15) is 0 Å². The quantitative estimate of drug-likeness (QED) is 0.690. The molecule has 8 nitrogen and oxygen atoms in total. The van der Waals surface area contributed by atoms with Crippen molar-refractivity contribution in [1.29, 1.82) is 0 Å². The molecule has 2 amide bonds. The molecular formula is C23H31N5O3. The Labute approximate surface area is 182 Å². The minimum absolute atomic E-state index is 0.00510. The molecule has 1 saturated heterocycles. The lowest BCUT2D eigenvalue weighted by molar-refractivity contribution is -0.133. The molecule has 4 rings (SSSR count). The maximum atomic E-state index is 13.0. The number of benzene rings is 1. The number of para-hydroxylation sites is 1. The van der Waals surface area contributed by atoms with Crippen LogP contribution in [0.15, 0.2) is 29.1 Å². The van der Waals surface area contributed by atoms with Gasteiger partial charge in [0.1, 0.15) is 5.82 Å². The first-order valence-corrected chi connectivity index (χ1v) is 11.3. The van der Waals surface area contributed by atoms with Gasteiger partial charge < -0.3 is 10.2 Å². The van der Waals surface area contributed by atoms with Gasteiger partial charge in [0.05, 0.1) is 17.4 Å². The number of amides is 2. The van der Waals surface area contributed by atoms with Gasteiger partial charge in [-0.15, -0.1) is 0 Å². The Kier molecular flexibility index (Phi) is 6.65. The number of fused-ring (bicyclic) bond motifs is 1. The van der Waals surface area contributed by atoms with Crippen LogP contribution in [0, 0.1) is 0 Å². The molecule has 1 N–H and O–H groups in total. The Bertz CT molecular complexity index is 1010. The monoisotopic (exact) mass is 425 g/mol. The van der Waals surface area contributed by atoms with Crippen molar-refractivity contribution < 1.29 is 9.59 Å². The number of rotatable bonds is 8. The van der Waals surface area contributed by atoms with E-state index in [2.05, 4.69) is 10.2 Å². The molecule has 1 aliphatic carbocycles. The molecule has 2 aromatic rings. The lowest BCUT2D eigenvalue weighted by atomic mass is 10.2. The second-order valence-electron chi connectivity index (χ2n) is 8.46. The van der Waals surface area contributed by atoms with Gasteiger partial charge in [-0.1, -0.05) is 19.1 Å². The van der Waals surface area contributed by atoms with E-state index in [9.17, 15) is 14.4 Å². The van der Waals surface area contributed by atoms with Crippen molar-refractivity contribution in [2.45, 2.75) is 45.1 Å². The van der Waals surface area contributed by atoms with Crippen molar-refractivity contribution in [1.82, 2.24) is 24.7 Å². The average Bonchev–Trinajstić information content (AvgIpc) is 3.61. The van der Waals surface area contributed by atoms with Crippen LogP contribution in [-0.2, 0) is 16.0 Å². The van der Waals surface area contributed by atoms with Crippen LogP contribution in [0.1, 0.15) is 44.5 Å². The van der Waals surface area contributed by atoms with E-state index in [4.69, 9.17) is 4.98 Å². The summed E-state index contributed by atoms with van der Waals surface area (Å²) in [6.07, 6.45) is 3.72. The van der Waals surface area contributed by atoms with Crippen molar-refractivity contribution in [2.24, 2.45) is 0 Å². The predicted molar refractivity (Wildman–Crippen MR) is 119 cm³/mol. The molecule has 1 aromatic carbocycles. The molecule has 0 bridgehead atoms. The Morgan fingerprint density at radius 1 is 1.13 bits per heavy atom. The van der Waals surface area contributed by atoms with E-state index in [-0.39, 0.29) is 23.4 Å². The molecule has 0 unspecified atom stereocenters. The molecule has 31 heavy (non-hydrogen) atoms. The highest BCUT2D eigenvalue weighted by Crippen LogP contribution is 2.34. The summed E-state index contributed by atoms with van der Waals surface area (Å²) < 4.78 is 1.81. The summed E-state index contributed by atoms with van der Waals surface area (Å²) in [4.78, 5) is 46.3. The lowest BCUT2D eigenvalue weighted by Gasteiger charge is -2.34. The number of aryl methyl sites for hydroxylation is 1. The van der Waals surface area contributed by atoms with Crippen molar-refractivity contribution in [3.63, 3.8) is 0 Å². The molecular weight excluding hydrogens is 394 g/mol. The lowest BCUT2D eigenvalue weighted by Crippen LogP contribution is -2.51. The summed E-state index contributed by atoms with van der Waals surface area (Å²) in [7, 11) is 0. The van der Waals surface area contributed by atoms with Gasteiger partial charge in [0, 0.05) is 51.6 Å². The van der Waals surface area contributed by atoms with Gasteiger partial charge in [0.25, 0.3) is 5.56 Å². The van der Waals surface area contributed by atoms with Crippen molar-refractivity contribution in [2.75, 3.05) is 39.3 Å². The van der Waals surface area contributed by atoms with Gasteiger partial charge in [0.15, 0.2) is 0 Å². The standard InChI is InChI=1S/C23H31N5O3/c1-2-11-24-21(29)16-26-12-14-27(15-13-26)22(30)10-9-20-25-19-6-4-3-5-18(19)23(31)28(20)17-7-8-17/h3-6,17H,2,7-16H2,1H3,(H,24,29). The van der Waals surface area contributed by atoms with Crippen molar-refractivity contribution in [3.05, 3.63) is 40.4 Å². The van der Waals surface area contributed by atoms with Gasteiger partial charge in [-0.25, -0.2) is 4.98 Å². The van der Waals surface area contributed by atoms with Gasteiger partial charge in [0.2, 0.25) is 11.8 Å². The van der Waals surface area contributed by atoms with E-state index in [0.717, 1.165) is 19.3 Å². The second-order valence-corrected chi connectivity index (χ2v) is 8.46. The smallest absolute Gasteiger partial charge is 0.261 e. The van der Waals surface area contributed by atoms with E-state index >= 15 is 0 Å². The Balaban J connectivity index is 1.34. The van der Waals surface area contributed by atoms with E-state index in [1.165, 1.54) is 0 Å². The molecule has 0 radical (unpaired) electrons. The number of hydrogen-bond acceptors (Lipinski definition) is 5. The molecule has 0 spiro atoms. The van der Waals surface area contributed by atoms with E-state index in [1.54, 1.807) is 0 Å². The van der Waals surface area contributed by atoms with Crippen LogP contribution in [0.4, 0.5) is 0 Å². The summed E-state index contributed by atoms with van der Waals surface area (Å²) in [5, 5.41) is 3.53. The number of nitrogens with zero attached hydrogens (tertiary/aromatic N) is 4. The zero-order valence-corrected chi connectivity index (χ0v) is 18.2. The number of hydrogen-bond donors (Lipinski definition) is 1. The molecule has 2 aliphatic rings. The molecule has 1 aromatic heterocycles. The van der Waals surface area contributed by atoms with E-state index < -0.39 is 0 Å². The first-order valence-electron chi connectivity index (χ1n) is 11.3. The highest BCUT2D eigenvalue weighted by Gasteiger charge is 2.29. The number of piperazine rings is 1. The number of aromatic nitrogens is 2. The third-order valence-corrected chi connectivity index (χ3v) is 6.02. The second kappa shape index (κ2) is 9.60. The van der Waals surface area contributed by atoms with Crippen molar-refractivity contribution >= 4 is 22.7 Å². The molecule has 1 saturated carbocycles. The molecule has 2 heterocycles. The van der Waals surface area contributed by atoms with Gasteiger partial charge >= 0.3 is 0 Å². The van der Waals surface area contributed by atoms with Crippen LogP contribution >= 0.6 is 0 Å². The fourth-order valence-electron chi connectivity index (χ4n) is 4.13. The topological polar surface area (TPSA) is 87.5 Å². The Morgan fingerprint density at radius 3 is 2.58 bits per heavy atom. The molecule has 1 aliphatic heterocycles. The molecule has 8 heteroatoms. The van der Waals surface area contributed by atoms with E-state index in [1.807, 2.05) is 40.7 Å². The maximum Gasteiger partial charge on any atom is 0.261 e. The van der Waals surface area contributed by atoms with Crippen LogP contribution in [0.5, 0.6) is 0 Å². The zero-order valence-electron chi connectivity index (χ0n) is 18.2. The summed E-state index contributed by atoms with van der Waals surface area (Å²) in [6, 6.07) is 7.64. The van der Waals surface area contributed by atoms with Crippen molar-refractivity contribution in [3.8, 4) is 0 Å². The average molecular weight is 426 g/mol. The first kappa shape index (κ1) is 21.5. The van der Waals surface area contributed by atoms with Crippen LogP contribution in [-0.4, -0.2) is 70.4 Å². The number of nitrogens with one attached hydrogen (secondary N) is 1. The zero-order chi connectivity index (χ0) is 21.8. The van der Waals surface area contributed by atoms with E-state index in [0.29, 0.717) is 68.8 Å². The third-order valence-electron chi connectivity index (χ3n) is 6.02. The highest BCUT2D eigenvalue weighted by atomic mass is 16.2.